The quantitative estimate of drug-likeness (QED) is 0.154. The minimum Gasteiger partial charge on any atom is -0.489 e. The van der Waals surface area contributed by atoms with Crippen LogP contribution < -0.4 is 14.5 Å². The topological polar surface area (TPSA) is 123 Å². The van der Waals surface area contributed by atoms with E-state index < -0.39 is 28.5 Å². The minimum absolute atomic E-state index is 0.0944. The van der Waals surface area contributed by atoms with Gasteiger partial charge in [-0.2, -0.15) is 0 Å². The van der Waals surface area contributed by atoms with Crippen molar-refractivity contribution >= 4 is 46.3 Å². The molecule has 1 aromatic heterocycles. The SMILES string of the molecule is Cc1ccccc1COc1ccc([N+](=O)[O-])cc1C1c2sc(=O)[nH]c2SC2C1[C@H]1C[C@@H]2C2C(=O)N(c3ccc(F)cc3)C(=O)C21. The number of nitro benzene ring substituents is 1. The van der Waals surface area contributed by atoms with Crippen LogP contribution in [0.15, 0.2) is 76.6 Å². The van der Waals surface area contributed by atoms with Gasteiger partial charge in [-0.3, -0.25) is 29.4 Å². The number of rotatable bonds is 6. The fourth-order valence-electron chi connectivity index (χ4n) is 8.16. The van der Waals surface area contributed by atoms with E-state index in [9.17, 15) is 28.9 Å². The Balaban J connectivity index is 1.23. The molecule has 2 saturated carbocycles. The predicted octanol–water partition coefficient (Wildman–Crippen LogP) is 6.05. The molecule has 3 heterocycles. The molecule has 9 nitrogen and oxygen atoms in total. The second-order valence-corrected chi connectivity index (χ2v) is 14.3. The lowest BCUT2D eigenvalue weighted by Crippen LogP contribution is -2.42. The van der Waals surface area contributed by atoms with Crippen LogP contribution in [0.2, 0.25) is 0 Å². The summed E-state index contributed by atoms with van der Waals surface area (Å²) in [5.41, 5.74) is 2.88. The van der Waals surface area contributed by atoms with Gasteiger partial charge in [0.2, 0.25) is 11.8 Å². The molecule has 3 aromatic carbocycles. The Kier molecular flexibility index (Phi) is 6.51. The highest BCUT2D eigenvalue weighted by atomic mass is 32.2. The average molecular weight is 644 g/mol. The molecule has 4 aromatic rings. The fraction of sp³-hybridized carbons (Fsp3) is 0.303. The molecule has 12 heteroatoms. The monoisotopic (exact) mass is 643 g/mol. The van der Waals surface area contributed by atoms with Crippen LogP contribution in [-0.4, -0.2) is 27.0 Å². The molecule has 45 heavy (non-hydrogen) atoms. The normalized spacial score (nSPS) is 27.8. The summed E-state index contributed by atoms with van der Waals surface area (Å²) in [6, 6.07) is 17.8. The number of anilines is 1. The molecule has 2 aliphatic carbocycles. The summed E-state index contributed by atoms with van der Waals surface area (Å²) in [7, 11) is 0. The number of hydrogen-bond donors (Lipinski definition) is 1. The van der Waals surface area contributed by atoms with E-state index >= 15 is 0 Å². The number of halogens is 1. The zero-order valence-corrected chi connectivity index (χ0v) is 25.5. The molecule has 2 amide bonds. The van der Waals surface area contributed by atoms with Crippen molar-refractivity contribution in [3.05, 3.63) is 114 Å². The predicted molar refractivity (Wildman–Crippen MR) is 166 cm³/mol. The molecule has 3 fully saturated rings. The van der Waals surface area contributed by atoms with E-state index in [4.69, 9.17) is 4.74 Å². The van der Waals surface area contributed by atoms with Crippen molar-refractivity contribution in [2.75, 3.05) is 4.90 Å². The van der Waals surface area contributed by atoms with E-state index in [0.29, 0.717) is 28.4 Å². The molecular formula is C33H26FN3O6S2. The molecule has 1 saturated heterocycles. The third-order valence-electron chi connectivity index (χ3n) is 9.99. The number of nitrogens with one attached hydrogen (secondary N) is 1. The summed E-state index contributed by atoms with van der Waals surface area (Å²) in [5.74, 6) is -2.60. The molecule has 1 N–H and O–H groups in total. The lowest BCUT2D eigenvalue weighted by atomic mass is 9.68. The van der Waals surface area contributed by atoms with Gasteiger partial charge in [0.15, 0.2) is 0 Å². The number of ether oxygens (including phenoxy) is 1. The van der Waals surface area contributed by atoms with Crippen molar-refractivity contribution in [2.24, 2.45) is 29.6 Å². The van der Waals surface area contributed by atoms with Crippen LogP contribution in [0.4, 0.5) is 15.8 Å². The minimum atomic E-state index is -0.566. The number of carbonyl (C=O) groups excluding carboxylic acids is 2. The van der Waals surface area contributed by atoms with Gasteiger partial charge in [-0.05, 0) is 72.6 Å². The van der Waals surface area contributed by atoms with Crippen molar-refractivity contribution in [2.45, 2.75) is 36.1 Å². The first-order chi connectivity index (χ1) is 21.7. The van der Waals surface area contributed by atoms with Crippen molar-refractivity contribution in [1.82, 2.24) is 4.98 Å². The Morgan fingerprint density at radius 3 is 2.49 bits per heavy atom. The van der Waals surface area contributed by atoms with Gasteiger partial charge in [-0.1, -0.05) is 35.6 Å². The van der Waals surface area contributed by atoms with Gasteiger partial charge in [-0.25, -0.2) is 4.39 Å². The fourth-order valence-corrected chi connectivity index (χ4v) is 11.0. The second-order valence-electron chi connectivity index (χ2n) is 12.1. The smallest absolute Gasteiger partial charge is 0.305 e. The van der Waals surface area contributed by atoms with Crippen LogP contribution in [0.5, 0.6) is 5.75 Å². The van der Waals surface area contributed by atoms with Gasteiger partial charge >= 0.3 is 4.87 Å². The van der Waals surface area contributed by atoms with E-state index in [-0.39, 0.29) is 52.0 Å². The summed E-state index contributed by atoms with van der Waals surface area (Å²) in [6.07, 6.45) is 0.663. The van der Waals surface area contributed by atoms with Crippen molar-refractivity contribution < 1.29 is 23.6 Å². The standard InChI is InChI=1S/C33H26FN3O6S2/c1-15-4-2-3-5-16(15)14-43-23-11-10-19(37(41)42)12-20(23)24-25-21-13-22(28(25)44-30-29(24)45-33(40)35-30)27-26(21)31(38)36(32(27)39)18-8-6-17(34)7-9-18/h2-12,21-22,24-28H,13-14H2,1H3,(H,35,40)/t21-,22-,24?,25?,26?,27?,28?/m1/s1. The van der Waals surface area contributed by atoms with Crippen molar-refractivity contribution in [1.29, 1.82) is 0 Å². The Bertz CT molecular complexity index is 1960. The van der Waals surface area contributed by atoms with Crippen molar-refractivity contribution in [3.8, 4) is 5.75 Å². The molecular weight excluding hydrogens is 618 g/mol. The molecule has 2 bridgehead atoms. The number of thiazole rings is 1. The highest BCUT2D eigenvalue weighted by molar-refractivity contribution is 8.00. The number of nitro groups is 1. The van der Waals surface area contributed by atoms with Gasteiger partial charge in [-0.15, -0.1) is 11.8 Å². The number of thioether (sulfide) groups is 1. The number of carbonyl (C=O) groups is 2. The van der Waals surface area contributed by atoms with Crippen LogP contribution in [0.3, 0.4) is 0 Å². The number of benzene rings is 3. The van der Waals surface area contributed by atoms with Gasteiger partial charge in [0.05, 0.1) is 27.5 Å². The van der Waals surface area contributed by atoms with E-state index in [2.05, 4.69) is 4.98 Å². The molecule has 8 rings (SSSR count). The van der Waals surface area contributed by atoms with Crippen molar-refractivity contribution in [3.63, 3.8) is 0 Å². The molecule has 5 unspecified atom stereocenters. The maximum absolute atomic E-state index is 14.0. The average Bonchev–Trinajstić information content (AvgIpc) is 3.76. The molecule has 228 valence electrons. The Morgan fingerprint density at radius 2 is 1.76 bits per heavy atom. The van der Waals surface area contributed by atoms with E-state index in [1.54, 1.807) is 6.07 Å². The van der Waals surface area contributed by atoms with Crippen LogP contribution in [0, 0.1) is 52.4 Å². The summed E-state index contributed by atoms with van der Waals surface area (Å²) >= 11 is 2.62. The number of H-pyrrole nitrogens is 1. The maximum atomic E-state index is 14.0. The number of fused-ring (bicyclic) bond motifs is 9. The summed E-state index contributed by atoms with van der Waals surface area (Å²) in [4.78, 5) is 56.8. The summed E-state index contributed by atoms with van der Waals surface area (Å²) in [5, 5.41) is 12.6. The highest BCUT2D eigenvalue weighted by Crippen LogP contribution is 2.69. The molecule has 7 atom stereocenters. The first-order valence-electron chi connectivity index (χ1n) is 14.7. The second kappa shape index (κ2) is 10.4. The molecule has 0 radical (unpaired) electrons. The third-order valence-corrected chi connectivity index (χ3v) is 12.6. The number of imide groups is 1. The zero-order chi connectivity index (χ0) is 31.1. The number of amides is 2. The number of hydrogen-bond acceptors (Lipinski definition) is 8. The Morgan fingerprint density at radius 1 is 1.02 bits per heavy atom. The summed E-state index contributed by atoms with van der Waals surface area (Å²) < 4.78 is 20.1. The molecule has 0 spiro atoms. The Hall–Kier alpha value is -4.29. The largest absolute Gasteiger partial charge is 0.489 e. The van der Waals surface area contributed by atoms with Gasteiger partial charge < -0.3 is 9.72 Å². The first-order valence-corrected chi connectivity index (χ1v) is 16.4. The summed E-state index contributed by atoms with van der Waals surface area (Å²) in [6.45, 7) is 2.24. The van der Waals surface area contributed by atoms with Crippen LogP contribution in [0.25, 0.3) is 0 Å². The van der Waals surface area contributed by atoms with Crippen LogP contribution >= 0.6 is 23.1 Å². The highest BCUT2D eigenvalue weighted by Gasteiger charge is 2.70. The lowest BCUT2D eigenvalue weighted by molar-refractivity contribution is -0.385. The maximum Gasteiger partial charge on any atom is 0.305 e. The van der Waals surface area contributed by atoms with Gasteiger partial charge in [0.1, 0.15) is 18.2 Å². The Labute approximate surface area is 264 Å². The number of aromatic nitrogens is 1. The number of aryl methyl sites for hydroxylation is 1. The number of non-ortho nitro benzene ring substituents is 1. The van der Waals surface area contributed by atoms with Crippen LogP contribution in [-0.2, 0) is 16.2 Å². The van der Waals surface area contributed by atoms with Gasteiger partial charge in [0, 0.05) is 33.7 Å². The molecule has 4 aliphatic rings. The number of aromatic amines is 1. The van der Waals surface area contributed by atoms with Gasteiger partial charge in [0.25, 0.3) is 5.69 Å². The van der Waals surface area contributed by atoms with E-state index in [1.165, 1.54) is 53.1 Å². The van der Waals surface area contributed by atoms with Crippen LogP contribution in [0.1, 0.15) is 33.9 Å². The third kappa shape index (κ3) is 4.29. The van der Waals surface area contributed by atoms with E-state index in [0.717, 1.165) is 27.3 Å². The molecule has 2 aliphatic heterocycles. The number of nitrogens with zero attached hydrogens (tertiary/aromatic N) is 2. The zero-order valence-electron chi connectivity index (χ0n) is 23.8. The van der Waals surface area contributed by atoms with E-state index in [1.807, 2.05) is 31.2 Å². The first kappa shape index (κ1) is 28.2. The lowest BCUT2D eigenvalue weighted by Gasteiger charge is -2.43.